The number of pyridine rings is 1. The van der Waals surface area contributed by atoms with E-state index in [1.807, 2.05) is 24.3 Å². The maximum atomic E-state index is 13.3. The molecule has 0 fully saturated rings. The van der Waals surface area contributed by atoms with Crippen LogP contribution in [0.25, 0.3) is 23.1 Å². The molecular formula is C21H14F2N4O. The molecule has 0 spiro atoms. The lowest BCUT2D eigenvalue weighted by atomic mass is 10.1. The fourth-order valence-electron chi connectivity index (χ4n) is 2.77. The van der Waals surface area contributed by atoms with Crippen molar-refractivity contribution in [2.24, 2.45) is 0 Å². The van der Waals surface area contributed by atoms with E-state index in [9.17, 15) is 13.6 Å². The molecule has 0 radical (unpaired) electrons. The fraction of sp³-hybridized carbons (Fsp3) is 0. The van der Waals surface area contributed by atoms with Crippen LogP contribution in [0.4, 0.5) is 14.5 Å². The summed E-state index contributed by atoms with van der Waals surface area (Å²) in [7, 11) is 0. The Labute approximate surface area is 158 Å². The van der Waals surface area contributed by atoms with Gasteiger partial charge < -0.3 is 5.32 Å². The molecule has 0 saturated heterocycles. The van der Waals surface area contributed by atoms with Gasteiger partial charge in [-0.3, -0.25) is 14.9 Å². The highest BCUT2D eigenvalue weighted by molar-refractivity contribution is 6.07. The molecule has 0 aliphatic carbocycles. The number of anilines is 1. The van der Waals surface area contributed by atoms with Gasteiger partial charge in [-0.2, -0.15) is 5.10 Å². The Hall–Kier alpha value is -3.87. The zero-order valence-electron chi connectivity index (χ0n) is 14.5. The molecule has 1 amide bonds. The first-order valence-electron chi connectivity index (χ1n) is 8.43. The van der Waals surface area contributed by atoms with Crippen molar-refractivity contribution in [3.63, 3.8) is 0 Å². The first kappa shape index (κ1) is 17.5. The van der Waals surface area contributed by atoms with Crippen LogP contribution in [0, 0.1) is 11.6 Å². The third-order valence-corrected chi connectivity index (χ3v) is 4.07. The molecule has 0 aliphatic heterocycles. The molecule has 4 aromatic rings. The van der Waals surface area contributed by atoms with Crippen molar-refractivity contribution in [2.75, 3.05) is 5.32 Å². The summed E-state index contributed by atoms with van der Waals surface area (Å²) in [4.78, 5) is 16.7. The summed E-state index contributed by atoms with van der Waals surface area (Å²) in [5, 5.41) is 10.4. The molecule has 4 rings (SSSR count). The number of hydrogen-bond donors (Lipinski definition) is 2. The van der Waals surface area contributed by atoms with E-state index in [2.05, 4.69) is 20.5 Å². The van der Waals surface area contributed by atoms with Crippen LogP contribution in [-0.4, -0.2) is 21.1 Å². The topological polar surface area (TPSA) is 70.7 Å². The molecule has 138 valence electrons. The van der Waals surface area contributed by atoms with Gasteiger partial charge in [-0.05, 0) is 54.6 Å². The zero-order chi connectivity index (χ0) is 19.5. The molecule has 28 heavy (non-hydrogen) atoms. The van der Waals surface area contributed by atoms with Gasteiger partial charge in [0.1, 0.15) is 11.6 Å². The Morgan fingerprint density at radius 2 is 1.82 bits per heavy atom. The Balaban J connectivity index is 1.61. The molecule has 0 unspecified atom stereocenters. The second-order valence-electron chi connectivity index (χ2n) is 6.07. The lowest BCUT2D eigenvalue weighted by Gasteiger charge is -2.06. The molecule has 0 bridgehead atoms. The van der Waals surface area contributed by atoms with E-state index in [4.69, 9.17) is 0 Å². The van der Waals surface area contributed by atoms with Gasteiger partial charge >= 0.3 is 0 Å². The van der Waals surface area contributed by atoms with Crippen LogP contribution < -0.4 is 5.32 Å². The molecule has 5 nitrogen and oxygen atoms in total. The Morgan fingerprint density at radius 3 is 2.57 bits per heavy atom. The maximum Gasteiger partial charge on any atom is 0.255 e. The van der Waals surface area contributed by atoms with Crippen molar-refractivity contribution in [3.8, 4) is 0 Å². The van der Waals surface area contributed by atoms with Gasteiger partial charge in [0.2, 0.25) is 0 Å². The molecule has 2 aromatic carbocycles. The van der Waals surface area contributed by atoms with E-state index in [1.54, 1.807) is 30.5 Å². The highest BCUT2D eigenvalue weighted by Gasteiger charge is 2.11. The van der Waals surface area contributed by atoms with Gasteiger partial charge in [-0.1, -0.05) is 6.07 Å². The third-order valence-electron chi connectivity index (χ3n) is 4.07. The lowest BCUT2D eigenvalue weighted by molar-refractivity contribution is 0.102. The van der Waals surface area contributed by atoms with Crippen LogP contribution in [0.1, 0.15) is 21.7 Å². The minimum atomic E-state index is -0.762. The number of aromatic nitrogens is 3. The standard InChI is InChI=1S/C21H14F2N4O/c22-14-10-15(23)12-17(11-14)25-21(28)13-4-6-19-18(9-13)20(27-26-19)7-5-16-3-1-2-8-24-16/h1-12H,(H,25,28)(H,26,27). The van der Waals surface area contributed by atoms with E-state index < -0.39 is 17.5 Å². The number of rotatable bonds is 4. The number of carbonyl (C=O) groups excluding carboxylic acids is 1. The van der Waals surface area contributed by atoms with Crippen molar-refractivity contribution in [2.45, 2.75) is 0 Å². The Bertz CT molecular complexity index is 1170. The minimum absolute atomic E-state index is 0.0464. The minimum Gasteiger partial charge on any atom is -0.322 e. The molecule has 2 heterocycles. The van der Waals surface area contributed by atoms with Crippen molar-refractivity contribution >= 4 is 34.6 Å². The summed E-state index contributed by atoms with van der Waals surface area (Å²) in [5.74, 6) is -2.00. The van der Waals surface area contributed by atoms with Crippen LogP contribution in [0.3, 0.4) is 0 Å². The van der Waals surface area contributed by atoms with E-state index in [0.29, 0.717) is 11.3 Å². The first-order chi connectivity index (χ1) is 13.6. The average Bonchev–Trinajstić information content (AvgIpc) is 3.08. The van der Waals surface area contributed by atoms with Crippen molar-refractivity contribution in [1.82, 2.24) is 15.2 Å². The molecule has 0 atom stereocenters. The number of carbonyl (C=O) groups is 1. The number of H-pyrrole nitrogens is 1. The highest BCUT2D eigenvalue weighted by atomic mass is 19.1. The second kappa shape index (κ2) is 7.40. The predicted octanol–water partition coefficient (Wildman–Crippen LogP) is 4.66. The number of benzene rings is 2. The molecule has 2 N–H and O–H groups in total. The molecular weight excluding hydrogens is 362 g/mol. The highest BCUT2D eigenvalue weighted by Crippen LogP contribution is 2.21. The summed E-state index contributed by atoms with van der Waals surface area (Å²) in [6.07, 6.45) is 5.31. The number of hydrogen-bond acceptors (Lipinski definition) is 3. The van der Waals surface area contributed by atoms with Gasteiger partial charge in [-0.25, -0.2) is 8.78 Å². The second-order valence-corrected chi connectivity index (χ2v) is 6.07. The third kappa shape index (κ3) is 3.78. The summed E-state index contributed by atoms with van der Waals surface area (Å²) in [6, 6.07) is 13.4. The number of nitrogens with zero attached hydrogens (tertiary/aromatic N) is 2. The fourth-order valence-corrected chi connectivity index (χ4v) is 2.77. The van der Waals surface area contributed by atoms with Crippen LogP contribution in [0.2, 0.25) is 0 Å². The average molecular weight is 376 g/mol. The van der Waals surface area contributed by atoms with E-state index >= 15 is 0 Å². The Kier molecular flexibility index (Phi) is 4.63. The normalized spacial score (nSPS) is 11.2. The van der Waals surface area contributed by atoms with E-state index in [1.165, 1.54) is 0 Å². The van der Waals surface area contributed by atoms with Gasteiger partial charge in [0.05, 0.1) is 16.9 Å². The van der Waals surface area contributed by atoms with E-state index in [0.717, 1.165) is 34.8 Å². The quantitative estimate of drug-likeness (QED) is 0.544. The molecule has 0 aliphatic rings. The van der Waals surface area contributed by atoms with Crippen LogP contribution in [-0.2, 0) is 0 Å². The predicted molar refractivity (Wildman–Crippen MR) is 104 cm³/mol. The molecule has 7 heteroatoms. The summed E-state index contributed by atoms with van der Waals surface area (Å²) in [5.41, 5.74) is 2.57. The van der Waals surface area contributed by atoms with Gasteiger partial charge in [0, 0.05) is 28.9 Å². The van der Waals surface area contributed by atoms with Crippen molar-refractivity contribution in [1.29, 1.82) is 0 Å². The summed E-state index contributed by atoms with van der Waals surface area (Å²) in [6.45, 7) is 0. The smallest absolute Gasteiger partial charge is 0.255 e. The van der Waals surface area contributed by atoms with Gasteiger partial charge in [0.25, 0.3) is 5.91 Å². The SMILES string of the molecule is O=C(Nc1cc(F)cc(F)c1)c1ccc2[nH]nc(C=Cc3ccccn3)c2c1. The number of nitrogens with one attached hydrogen (secondary N) is 2. The Morgan fingerprint density at radius 1 is 1.00 bits per heavy atom. The zero-order valence-corrected chi connectivity index (χ0v) is 14.5. The first-order valence-corrected chi connectivity index (χ1v) is 8.43. The number of fused-ring (bicyclic) bond motifs is 1. The number of amides is 1. The monoisotopic (exact) mass is 376 g/mol. The lowest BCUT2D eigenvalue weighted by Crippen LogP contribution is -2.12. The number of aromatic amines is 1. The number of halogens is 2. The molecule has 2 aromatic heterocycles. The van der Waals surface area contributed by atoms with E-state index in [-0.39, 0.29) is 5.69 Å². The summed E-state index contributed by atoms with van der Waals surface area (Å²) >= 11 is 0. The van der Waals surface area contributed by atoms with Crippen LogP contribution in [0.5, 0.6) is 0 Å². The molecule has 0 saturated carbocycles. The summed E-state index contributed by atoms with van der Waals surface area (Å²) < 4.78 is 26.6. The van der Waals surface area contributed by atoms with Gasteiger partial charge in [-0.15, -0.1) is 0 Å². The van der Waals surface area contributed by atoms with Crippen LogP contribution in [0.15, 0.2) is 60.8 Å². The van der Waals surface area contributed by atoms with Crippen molar-refractivity contribution < 1.29 is 13.6 Å². The van der Waals surface area contributed by atoms with Crippen LogP contribution >= 0.6 is 0 Å². The van der Waals surface area contributed by atoms with Gasteiger partial charge in [0.15, 0.2) is 0 Å². The largest absolute Gasteiger partial charge is 0.322 e. The van der Waals surface area contributed by atoms with Crippen molar-refractivity contribution in [3.05, 3.63) is 89.4 Å². The maximum absolute atomic E-state index is 13.3.